The molecule has 1 N–H and O–H groups in total. The highest BCUT2D eigenvalue weighted by Gasteiger charge is 2.38. The zero-order valence-corrected chi connectivity index (χ0v) is 20.7. The number of benzene rings is 1. The lowest BCUT2D eigenvalue weighted by molar-refractivity contribution is -0.132. The second-order valence-electron chi connectivity index (χ2n) is 10.8. The highest BCUT2D eigenvalue weighted by Crippen LogP contribution is 2.35. The van der Waals surface area contributed by atoms with Gasteiger partial charge in [-0.25, -0.2) is 4.52 Å². The molecule has 2 aliphatic heterocycles. The lowest BCUT2D eigenvalue weighted by Crippen LogP contribution is -2.49. The largest absolute Gasteiger partial charge is 0.384 e. The number of piperazine rings is 1. The van der Waals surface area contributed by atoms with Crippen molar-refractivity contribution in [3.05, 3.63) is 54.4 Å². The summed E-state index contributed by atoms with van der Waals surface area (Å²) in [5.41, 5.74) is 4.69. The van der Waals surface area contributed by atoms with Crippen LogP contribution in [-0.2, 0) is 10.4 Å². The summed E-state index contributed by atoms with van der Waals surface area (Å²) < 4.78 is 1.95. The lowest BCUT2D eigenvalue weighted by atomic mass is 9.91. The third-order valence-corrected chi connectivity index (χ3v) is 8.11. The first-order chi connectivity index (χ1) is 16.9. The van der Waals surface area contributed by atoms with Crippen molar-refractivity contribution in [2.45, 2.75) is 44.8 Å². The van der Waals surface area contributed by atoms with Crippen molar-refractivity contribution in [3.8, 4) is 11.1 Å². The van der Waals surface area contributed by atoms with E-state index >= 15 is 0 Å². The van der Waals surface area contributed by atoms with Crippen LogP contribution in [0.25, 0.3) is 16.6 Å². The van der Waals surface area contributed by atoms with Crippen LogP contribution in [0.4, 0.5) is 5.69 Å². The Bertz CT molecular complexity index is 1220. The number of likely N-dealkylation sites (tertiary alicyclic amines) is 1. The number of fused-ring (bicyclic) bond motifs is 1. The number of aromatic nitrogens is 2. The molecule has 0 radical (unpaired) electrons. The summed E-state index contributed by atoms with van der Waals surface area (Å²) in [6.45, 7) is 9.25. The zero-order valence-electron chi connectivity index (χ0n) is 20.7. The van der Waals surface area contributed by atoms with Crippen LogP contribution in [0.3, 0.4) is 0 Å². The van der Waals surface area contributed by atoms with Crippen LogP contribution in [-0.4, -0.2) is 75.7 Å². The summed E-state index contributed by atoms with van der Waals surface area (Å²) in [4.78, 5) is 19.2. The van der Waals surface area contributed by atoms with E-state index in [0.717, 1.165) is 79.9 Å². The standard InChI is InChI=1S/C28H35N5O2/c1-20(2)32-12-10-28(35,19-32)24-7-5-21(6-8-24)23-17-26-25(9-11-29-33(26)18-23)30-13-15-31(16-14-30)27(34)22-3-4-22/h5-9,11,17-18,20,22,35H,3-4,10,12-16,19H2,1-2H3/t28-/m1/s1. The van der Waals surface area contributed by atoms with E-state index in [-0.39, 0.29) is 5.92 Å². The van der Waals surface area contributed by atoms with E-state index < -0.39 is 5.60 Å². The summed E-state index contributed by atoms with van der Waals surface area (Å²) in [5, 5.41) is 15.8. The second kappa shape index (κ2) is 8.64. The number of β-amino-alcohol motifs (C(OH)–C–C–N with tert-alkyl or cyclic N) is 1. The maximum atomic E-state index is 12.4. The van der Waals surface area contributed by atoms with Crippen molar-refractivity contribution < 1.29 is 9.90 Å². The van der Waals surface area contributed by atoms with Crippen molar-refractivity contribution in [1.82, 2.24) is 19.4 Å². The third kappa shape index (κ3) is 4.21. The van der Waals surface area contributed by atoms with Gasteiger partial charge >= 0.3 is 0 Å². The fourth-order valence-electron chi connectivity index (χ4n) is 5.65. The Morgan fingerprint density at radius 3 is 2.43 bits per heavy atom. The van der Waals surface area contributed by atoms with Gasteiger partial charge in [0.05, 0.1) is 11.2 Å². The summed E-state index contributed by atoms with van der Waals surface area (Å²) in [5.74, 6) is 0.634. The van der Waals surface area contributed by atoms with Gasteiger partial charge in [-0.05, 0) is 56.4 Å². The number of hydrogen-bond acceptors (Lipinski definition) is 5. The van der Waals surface area contributed by atoms with Crippen molar-refractivity contribution in [1.29, 1.82) is 0 Å². The first-order valence-corrected chi connectivity index (χ1v) is 13.0. The van der Waals surface area contributed by atoms with Crippen molar-refractivity contribution in [2.75, 3.05) is 44.2 Å². The van der Waals surface area contributed by atoms with Gasteiger partial charge in [-0.15, -0.1) is 0 Å². The average molecular weight is 474 g/mol. The first-order valence-electron chi connectivity index (χ1n) is 13.0. The molecular weight excluding hydrogens is 438 g/mol. The van der Waals surface area contributed by atoms with Gasteiger partial charge in [0.2, 0.25) is 5.91 Å². The minimum atomic E-state index is -0.772. The molecule has 1 saturated carbocycles. The zero-order chi connectivity index (χ0) is 24.2. The number of nitrogens with zero attached hydrogens (tertiary/aromatic N) is 5. The number of hydrogen-bond donors (Lipinski definition) is 1. The molecule has 3 aliphatic rings. The van der Waals surface area contributed by atoms with E-state index in [9.17, 15) is 9.90 Å². The van der Waals surface area contributed by atoms with Crippen molar-refractivity contribution in [3.63, 3.8) is 0 Å². The summed E-state index contributed by atoms with van der Waals surface area (Å²) in [6, 6.07) is 13.1. The van der Waals surface area contributed by atoms with E-state index in [1.165, 1.54) is 0 Å². The second-order valence-corrected chi connectivity index (χ2v) is 10.8. The Morgan fingerprint density at radius 2 is 1.77 bits per heavy atom. The predicted molar refractivity (Wildman–Crippen MR) is 137 cm³/mol. The number of anilines is 1. The smallest absolute Gasteiger partial charge is 0.225 e. The molecule has 184 valence electrons. The normalized spacial score (nSPS) is 23.5. The quantitative estimate of drug-likeness (QED) is 0.616. The van der Waals surface area contributed by atoms with E-state index in [1.54, 1.807) is 0 Å². The van der Waals surface area contributed by atoms with Gasteiger partial charge in [0.25, 0.3) is 0 Å². The molecule has 1 aromatic carbocycles. The molecule has 2 saturated heterocycles. The van der Waals surface area contributed by atoms with Crippen LogP contribution < -0.4 is 4.90 Å². The molecule has 1 aliphatic carbocycles. The number of amides is 1. The lowest BCUT2D eigenvalue weighted by Gasteiger charge is -2.36. The molecule has 6 rings (SSSR count). The third-order valence-electron chi connectivity index (χ3n) is 8.11. The topological polar surface area (TPSA) is 64.3 Å². The minimum absolute atomic E-state index is 0.289. The summed E-state index contributed by atoms with van der Waals surface area (Å²) in [6.07, 6.45) is 6.83. The summed E-state index contributed by atoms with van der Waals surface area (Å²) >= 11 is 0. The fraction of sp³-hybridized carbons (Fsp3) is 0.500. The fourth-order valence-corrected chi connectivity index (χ4v) is 5.65. The van der Waals surface area contributed by atoms with Gasteiger partial charge in [0, 0.05) is 69.2 Å². The monoisotopic (exact) mass is 473 g/mol. The highest BCUT2D eigenvalue weighted by atomic mass is 16.3. The first kappa shape index (κ1) is 22.6. The Hall–Kier alpha value is -2.90. The molecule has 0 spiro atoms. The van der Waals surface area contributed by atoms with E-state index in [4.69, 9.17) is 0 Å². The van der Waals surface area contributed by atoms with Gasteiger partial charge in [-0.3, -0.25) is 9.69 Å². The SMILES string of the molecule is CC(C)N1CC[C@](O)(c2ccc(-c3cc4c(N5CCN(C(=O)C6CC6)CC5)ccnn4c3)cc2)C1. The van der Waals surface area contributed by atoms with E-state index in [1.807, 2.05) is 15.6 Å². The van der Waals surface area contributed by atoms with Gasteiger partial charge < -0.3 is 14.9 Å². The molecule has 3 aromatic rings. The maximum absolute atomic E-state index is 12.4. The van der Waals surface area contributed by atoms with Crippen LogP contribution in [0.15, 0.2) is 48.8 Å². The minimum Gasteiger partial charge on any atom is -0.384 e. The predicted octanol–water partition coefficient (Wildman–Crippen LogP) is 3.36. The Labute approximate surface area is 206 Å². The molecule has 7 nitrogen and oxygen atoms in total. The van der Waals surface area contributed by atoms with Gasteiger partial charge in [0.1, 0.15) is 5.60 Å². The number of carbonyl (C=O) groups is 1. The Morgan fingerprint density at radius 1 is 1.03 bits per heavy atom. The van der Waals surface area contributed by atoms with Crippen LogP contribution in [0.1, 0.15) is 38.7 Å². The molecule has 1 amide bonds. The van der Waals surface area contributed by atoms with Crippen LogP contribution in [0.2, 0.25) is 0 Å². The van der Waals surface area contributed by atoms with Crippen LogP contribution in [0, 0.1) is 5.92 Å². The number of aliphatic hydroxyl groups is 1. The van der Waals surface area contributed by atoms with Crippen LogP contribution in [0.5, 0.6) is 0 Å². The molecule has 0 bridgehead atoms. The Kier molecular flexibility index (Phi) is 5.57. The average Bonchev–Trinajstić information content (AvgIpc) is 3.50. The number of carbonyl (C=O) groups excluding carboxylic acids is 1. The molecule has 3 fully saturated rings. The maximum Gasteiger partial charge on any atom is 0.225 e. The van der Waals surface area contributed by atoms with E-state index in [0.29, 0.717) is 18.5 Å². The van der Waals surface area contributed by atoms with Crippen LogP contribution >= 0.6 is 0 Å². The molecule has 4 heterocycles. The molecule has 0 unspecified atom stereocenters. The van der Waals surface area contributed by atoms with Gasteiger partial charge in [-0.1, -0.05) is 24.3 Å². The van der Waals surface area contributed by atoms with Gasteiger partial charge in [-0.2, -0.15) is 5.10 Å². The molecule has 1 atom stereocenters. The molecule has 7 heteroatoms. The molecule has 2 aromatic heterocycles. The van der Waals surface area contributed by atoms with E-state index in [2.05, 4.69) is 71.3 Å². The molecular formula is C28H35N5O2. The number of rotatable bonds is 5. The van der Waals surface area contributed by atoms with Crippen molar-refractivity contribution in [2.24, 2.45) is 5.92 Å². The highest BCUT2D eigenvalue weighted by molar-refractivity contribution is 5.82. The molecule has 35 heavy (non-hydrogen) atoms. The van der Waals surface area contributed by atoms with Gasteiger partial charge in [0.15, 0.2) is 0 Å². The summed E-state index contributed by atoms with van der Waals surface area (Å²) in [7, 11) is 0. The van der Waals surface area contributed by atoms with Crippen molar-refractivity contribution >= 4 is 17.1 Å². The Balaban J connectivity index is 1.20.